The van der Waals surface area contributed by atoms with E-state index in [4.69, 9.17) is 0 Å². The topological polar surface area (TPSA) is 99.6 Å². The highest BCUT2D eigenvalue weighted by atomic mass is 16.2. The number of imidazole rings is 1. The molecule has 3 heterocycles. The molecule has 0 spiro atoms. The van der Waals surface area contributed by atoms with Crippen molar-refractivity contribution >= 4 is 5.91 Å². The summed E-state index contributed by atoms with van der Waals surface area (Å²) in [5, 5.41) is 11.6. The molecule has 3 aromatic heterocycles. The number of nitrogens with one attached hydrogen (secondary N) is 1. The van der Waals surface area contributed by atoms with Gasteiger partial charge in [0.05, 0.1) is 18.6 Å². The van der Waals surface area contributed by atoms with Crippen molar-refractivity contribution in [2.24, 2.45) is 0 Å². The third kappa shape index (κ3) is 4.77. The molecule has 0 saturated heterocycles. The van der Waals surface area contributed by atoms with Crippen LogP contribution in [0.1, 0.15) is 27.3 Å². The van der Waals surface area contributed by atoms with Crippen molar-refractivity contribution in [3.63, 3.8) is 0 Å². The van der Waals surface area contributed by atoms with Gasteiger partial charge in [-0.3, -0.25) is 9.59 Å². The summed E-state index contributed by atoms with van der Waals surface area (Å²) in [5.74, 6) is 0.363. The van der Waals surface area contributed by atoms with E-state index < -0.39 is 0 Å². The highest BCUT2D eigenvalue weighted by Gasteiger charge is 2.09. The Balaban J connectivity index is 1.36. The lowest BCUT2D eigenvalue weighted by Crippen LogP contribution is -2.32. The van der Waals surface area contributed by atoms with Crippen molar-refractivity contribution < 1.29 is 4.79 Å². The van der Waals surface area contributed by atoms with Gasteiger partial charge in [0.2, 0.25) is 0 Å². The van der Waals surface area contributed by atoms with Gasteiger partial charge in [-0.1, -0.05) is 12.1 Å². The fraction of sp³-hybridized carbons (Fsp3) is 0.227. The standard InChI is InChI=1S/C22H23N7O2/c1-16-13-17(2)29(25-16)20-7-8-21(30)28(26-20)12-10-24-22(31)19-5-3-18(4-6-19)14-27-11-9-23-15-27/h3-9,11,13,15H,10,12,14H2,1-2H3,(H,24,31). The summed E-state index contributed by atoms with van der Waals surface area (Å²) in [7, 11) is 0. The van der Waals surface area contributed by atoms with Crippen molar-refractivity contribution in [2.75, 3.05) is 6.54 Å². The van der Waals surface area contributed by atoms with Crippen LogP contribution in [-0.2, 0) is 13.1 Å². The number of carbonyl (C=O) groups excluding carboxylic acids is 1. The molecule has 9 nitrogen and oxygen atoms in total. The van der Waals surface area contributed by atoms with E-state index in [1.54, 1.807) is 35.4 Å². The molecule has 31 heavy (non-hydrogen) atoms. The summed E-state index contributed by atoms with van der Waals surface area (Å²) >= 11 is 0. The van der Waals surface area contributed by atoms with Gasteiger partial charge in [0.1, 0.15) is 0 Å². The lowest BCUT2D eigenvalue weighted by atomic mass is 10.1. The van der Waals surface area contributed by atoms with Crippen LogP contribution in [0, 0.1) is 13.8 Å². The molecule has 0 aliphatic carbocycles. The maximum Gasteiger partial charge on any atom is 0.266 e. The Morgan fingerprint density at radius 1 is 1.06 bits per heavy atom. The molecule has 0 saturated carbocycles. The zero-order valence-electron chi connectivity index (χ0n) is 17.4. The van der Waals surface area contributed by atoms with Gasteiger partial charge in [-0.2, -0.15) is 5.10 Å². The monoisotopic (exact) mass is 417 g/mol. The minimum absolute atomic E-state index is 0.197. The summed E-state index contributed by atoms with van der Waals surface area (Å²) in [6.07, 6.45) is 5.37. The van der Waals surface area contributed by atoms with Gasteiger partial charge < -0.3 is 9.88 Å². The molecule has 0 bridgehead atoms. The van der Waals surface area contributed by atoms with Gasteiger partial charge in [-0.15, -0.1) is 5.10 Å². The molecule has 0 aliphatic rings. The minimum Gasteiger partial charge on any atom is -0.350 e. The molecule has 1 N–H and O–H groups in total. The number of rotatable bonds is 7. The van der Waals surface area contributed by atoms with Crippen molar-refractivity contribution in [2.45, 2.75) is 26.9 Å². The van der Waals surface area contributed by atoms with Crippen LogP contribution in [-0.4, -0.2) is 41.6 Å². The molecule has 0 fully saturated rings. The molecule has 0 atom stereocenters. The largest absolute Gasteiger partial charge is 0.350 e. The number of amides is 1. The van der Waals surface area contributed by atoms with Gasteiger partial charge in [0, 0.05) is 42.8 Å². The summed E-state index contributed by atoms with van der Waals surface area (Å²) in [6, 6.07) is 12.4. The normalized spacial score (nSPS) is 10.9. The SMILES string of the molecule is Cc1cc(C)n(-c2ccc(=O)n(CCNC(=O)c3ccc(Cn4ccnc4)cc3)n2)n1. The minimum atomic E-state index is -0.233. The summed E-state index contributed by atoms with van der Waals surface area (Å²) < 4.78 is 4.98. The third-order valence-electron chi connectivity index (χ3n) is 4.83. The Bertz CT molecular complexity index is 1240. The number of benzene rings is 1. The molecular weight excluding hydrogens is 394 g/mol. The molecule has 1 amide bonds. The average Bonchev–Trinajstić information content (AvgIpc) is 3.39. The van der Waals surface area contributed by atoms with Gasteiger partial charge in [0.25, 0.3) is 11.5 Å². The number of carbonyl (C=O) groups is 1. The first-order valence-corrected chi connectivity index (χ1v) is 9.94. The van der Waals surface area contributed by atoms with Crippen LogP contribution in [0.25, 0.3) is 5.82 Å². The molecule has 0 unspecified atom stereocenters. The van der Waals surface area contributed by atoms with Crippen LogP contribution < -0.4 is 10.9 Å². The molecule has 9 heteroatoms. The smallest absolute Gasteiger partial charge is 0.266 e. The van der Waals surface area contributed by atoms with Crippen LogP contribution in [0.2, 0.25) is 0 Å². The van der Waals surface area contributed by atoms with E-state index in [1.165, 1.54) is 10.7 Å². The first-order chi connectivity index (χ1) is 15.0. The zero-order valence-corrected chi connectivity index (χ0v) is 17.4. The Morgan fingerprint density at radius 2 is 1.87 bits per heavy atom. The van der Waals surface area contributed by atoms with E-state index in [0.29, 0.717) is 17.9 Å². The van der Waals surface area contributed by atoms with E-state index in [2.05, 4.69) is 20.5 Å². The van der Waals surface area contributed by atoms with Crippen molar-refractivity contribution in [1.82, 2.24) is 34.4 Å². The highest BCUT2D eigenvalue weighted by Crippen LogP contribution is 2.08. The Kier molecular flexibility index (Phi) is 5.74. The third-order valence-corrected chi connectivity index (χ3v) is 4.83. The van der Waals surface area contributed by atoms with Crippen molar-refractivity contribution in [3.8, 4) is 5.82 Å². The van der Waals surface area contributed by atoms with Crippen LogP contribution in [0.15, 0.2) is 66.0 Å². The molecule has 1 aromatic carbocycles. The van der Waals surface area contributed by atoms with Gasteiger partial charge >= 0.3 is 0 Å². The summed E-state index contributed by atoms with van der Waals surface area (Å²) in [6.45, 7) is 5.07. The van der Waals surface area contributed by atoms with E-state index in [1.807, 2.05) is 42.8 Å². The molecule has 4 rings (SSSR count). The summed E-state index contributed by atoms with van der Waals surface area (Å²) in [4.78, 5) is 28.6. The number of hydrogen-bond acceptors (Lipinski definition) is 5. The quantitative estimate of drug-likeness (QED) is 0.494. The van der Waals surface area contributed by atoms with Gasteiger partial charge in [-0.05, 0) is 43.7 Å². The number of hydrogen-bond donors (Lipinski definition) is 1. The van der Waals surface area contributed by atoms with Crippen LogP contribution in [0.5, 0.6) is 0 Å². The molecule has 158 valence electrons. The summed E-state index contributed by atoms with van der Waals surface area (Å²) in [5.41, 5.74) is 3.21. The van der Waals surface area contributed by atoms with E-state index in [9.17, 15) is 9.59 Å². The second-order valence-corrected chi connectivity index (χ2v) is 7.28. The second-order valence-electron chi connectivity index (χ2n) is 7.28. The predicted octanol–water partition coefficient (Wildman–Crippen LogP) is 1.72. The fourth-order valence-corrected chi connectivity index (χ4v) is 3.30. The number of aryl methyl sites for hydroxylation is 2. The Morgan fingerprint density at radius 3 is 2.55 bits per heavy atom. The van der Waals surface area contributed by atoms with Crippen LogP contribution >= 0.6 is 0 Å². The maximum absolute atomic E-state index is 12.4. The molecule has 4 aromatic rings. The first-order valence-electron chi connectivity index (χ1n) is 9.94. The van der Waals surface area contributed by atoms with Crippen LogP contribution in [0.3, 0.4) is 0 Å². The molecular formula is C22H23N7O2. The van der Waals surface area contributed by atoms with Crippen LogP contribution in [0.4, 0.5) is 0 Å². The lowest BCUT2D eigenvalue weighted by molar-refractivity contribution is 0.0951. The van der Waals surface area contributed by atoms with E-state index in [-0.39, 0.29) is 24.6 Å². The number of aromatic nitrogens is 6. The van der Waals surface area contributed by atoms with E-state index >= 15 is 0 Å². The van der Waals surface area contributed by atoms with Gasteiger partial charge in [-0.25, -0.2) is 14.3 Å². The van der Waals surface area contributed by atoms with Gasteiger partial charge in [0.15, 0.2) is 5.82 Å². The second kappa shape index (κ2) is 8.78. The Hall–Kier alpha value is -4.01. The molecule has 0 radical (unpaired) electrons. The Labute approximate surface area is 179 Å². The fourth-order valence-electron chi connectivity index (χ4n) is 3.30. The number of nitrogens with zero attached hydrogens (tertiary/aromatic N) is 6. The lowest BCUT2D eigenvalue weighted by Gasteiger charge is -2.10. The van der Waals surface area contributed by atoms with Crippen molar-refractivity contribution in [1.29, 1.82) is 0 Å². The first kappa shape index (κ1) is 20.3. The van der Waals surface area contributed by atoms with E-state index in [0.717, 1.165) is 17.0 Å². The molecule has 0 aliphatic heterocycles. The predicted molar refractivity (Wildman–Crippen MR) is 115 cm³/mol. The zero-order chi connectivity index (χ0) is 21.8. The highest BCUT2D eigenvalue weighted by molar-refractivity contribution is 5.94. The van der Waals surface area contributed by atoms with Crippen molar-refractivity contribution in [3.05, 3.63) is 94.1 Å². The maximum atomic E-state index is 12.4. The average molecular weight is 417 g/mol.